The van der Waals surface area contributed by atoms with Gasteiger partial charge in [-0.15, -0.1) is 0 Å². The van der Waals surface area contributed by atoms with Gasteiger partial charge in [-0.3, -0.25) is 4.79 Å². The van der Waals surface area contributed by atoms with Crippen LogP contribution >= 0.6 is 0 Å². The molecule has 0 saturated carbocycles. The van der Waals surface area contributed by atoms with Crippen LogP contribution in [0.3, 0.4) is 0 Å². The molecule has 7 nitrogen and oxygen atoms in total. The quantitative estimate of drug-likeness (QED) is 0.756. The highest BCUT2D eigenvalue weighted by molar-refractivity contribution is 5.79. The monoisotopic (exact) mass is 463 g/mol. The Hall–Kier alpha value is -3.06. The first-order valence-corrected chi connectivity index (χ1v) is 12.3. The molecule has 2 aromatic carbocycles. The molecule has 0 aromatic heterocycles. The van der Waals surface area contributed by atoms with E-state index in [1.165, 1.54) is 11.1 Å². The minimum atomic E-state index is -0.105. The Kier molecular flexibility index (Phi) is 6.72. The smallest absolute Gasteiger partial charge is 0.320 e. The van der Waals surface area contributed by atoms with Gasteiger partial charge >= 0.3 is 6.03 Å². The molecule has 0 aliphatic carbocycles. The second-order valence-corrected chi connectivity index (χ2v) is 9.53. The van der Waals surface area contributed by atoms with Crippen molar-refractivity contribution in [2.45, 2.75) is 37.3 Å². The first kappa shape index (κ1) is 22.7. The lowest BCUT2D eigenvalue weighted by Crippen LogP contribution is -2.62. The van der Waals surface area contributed by atoms with Crippen LogP contribution in [0.4, 0.5) is 4.79 Å². The second-order valence-electron chi connectivity index (χ2n) is 9.53. The molecule has 0 bridgehead atoms. The van der Waals surface area contributed by atoms with Gasteiger partial charge in [0.1, 0.15) is 12.4 Å². The number of ether oxygens (including phenoxy) is 2. The minimum absolute atomic E-state index is 0.0157. The largest absolute Gasteiger partial charge is 0.497 e. The summed E-state index contributed by atoms with van der Waals surface area (Å²) in [5.41, 5.74) is 2.56. The second kappa shape index (κ2) is 10.1. The molecule has 5 rings (SSSR count). The van der Waals surface area contributed by atoms with Crippen molar-refractivity contribution < 1.29 is 19.1 Å². The van der Waals surface area contributed by atoms with E-state index in [0.29, 0.717) is 19.0 Å². The lowest BCUT2D eigenvalue weighted by Gasteiger charge is -2.44. The van der Waals surface area contributed by atoms with Crippen molar-refractivity contribution in [3.05, 3.63) is 65.7 Å². The summed E-state index contributed by atoms with van der Waals surface area (Å²) in [5.74, 6) is 1.48. The Morgan fingerprint density at radius 1 is 1.00 bits per heavy atom. The number of carbonyl (C=O) groups excluding carboxylic acids is 2. The van der Waals surface area contributed by atoms with Crippen molar-refractivity contribution in [3.8, 4) is 5.75 Å². The molecule has 180 valence electrons. The van der Waals surface area contributed by atoms with E-state index in [1.807, 2.05) is 15.9 Å². The van der Waals surface area contributed by atoms with Crippen molar-refractivity contribution in [1.29, 1.82) is 0 Å². The normalized spacial score (nSPS) is 24.2. The fraction of sp³-hybridized carbons (Fsp3) is 0.481. The van der Waals surface area contributed by atoms with Crippen LogP contribution in [0, 0.1) is 5.92 Å². The number of benzene rings is 2. The Labute approximate surface area is 201 Å². The zero-order chi connectivity index (χ0) is 23.5. The molecule has 3 fully saturated rings. The van der Waals surface area contributed by atoms with E-state index in [4.69, 9.17) is 9.47 Å². The van der Waals surface area contributed by atoms with Gasteiger partial charge in [0.25, 0.3) is 0 Å². The van der Waals surface area contributed by atoms with E-state index >= 15 is 0 Å². The molecule has 3 aliphatic rings. The molecule has 3 saturated heterocycles. The number of hydrogen-bond acceptors (Lipinski definition) is 4. The lowest BCUT2D eigenvalue weighted by atomic mass is 9.76. The molecule has 2 aromatic rings. The highest BCUT2D eigenvalue weighted by atomic mass is 16.5. The SMILES string of the molecule is COc1cccc([C@H](c2ccccc2)C2CCN(C(=O)N3CCC4OCC(=O)N[C@@H]4C3)CC2)c1. The zero-order valence-corrected chi connectivity index (χ0v) is 19.7. The van der Waals surface area contributed by atoms with Crippen LogP contribution in [0.1, 0.15) is 36.3 Å². The maximum absolute atomic E-state index is 13.3. The van der Waals surface area contributed by atoms with Crippen molar-refractivity contribution >= 4 is 11.9 Å². The number of urea groups is 1. The molecule has 1 N–H and O–H groups in total. The fourth-order valence-corrected chi connectivity index (χ4v) is 5.73. The molecular weight excluding hydrogens is 430 g/mol. The highest BCUT2D eigenvalue weighted by Gasteiger charge is 2.38. The van der Waals surface area contributed by atoms with Crippen LogP contribution in [0.25, 0.3) is 0 Å². The topological polar surface area (TPSA) is 71.1 Å². The van der Waals surface area contributed by atoms with Crippen LogP contribution in [0.2, 0.25) is 0 Å². The molecule has 0 radical (unpaired) electrons. The maximum atomic E-state index is 13.3. The van der Waals surface area contributed by atoms with E-state index < -0.39 is 0 Å². The molecule has 7 heteroatoms. The first-order chi connectivity index (χ1) is 16.6. The number of methoxy groups -OCH3 is 1. The van der Waals surface area contributed by atoms with Crippen molar-refractivity contribution in [1.82, 2.24) is 15.1 Å². The highest BCUT2D eigenvalue weighted by Crippen LogP contribution is 2.39. The summed E-state index contributed by atoms with van der Waals surface area (Å²) in [4.78, 5) is 28.9. The number of piperidine rings is 2. The standard InChI is InChI=1S/C27H33N3O4/c1-33-22-9-5-8-21(16-22)26(19-6-3-2-4-7-19)20-10-13-29(14-11-20)27(32)30-15-12-24-23(17-30)28-25(31)18-34-24/h2-9,16,20,23-24,26H,10-15,17-18H2,1H3,(H,28,31)/t23-,24?,26-/m1/s1. The van der Waals surface area contributed by atoms with Gasteiger partial charge in [0.15, 0.2) is 0 Å². The summed E-state index contributed by atoms with van der Waals surface area (Å²) in [7, 11) is 1.70. The van der Waals surface area contributed by atoms with Gasteiger partial charge in [0.05, 0.1) is 19.3 Å². The number of morpholine rings is 1. The van der Waals surface area contributed by atoms with E-state index in [-0.39, 0.29) is 36.6 Å². The Bertz CT molecular complexity index is 1010. The van der Waals surface area contributed by atoms with E-state index in [9.17, 15) is 9.59 Å². The summed E-state index contributed by atoms with van der Waals surface area (Å²) < 4.78 is 11.1. The van der Waals surface area contributed by atoms with Gasteiger partial charge in [-0.1, -0.05) is 42.5 Å². The molecule has 3 amide bonds. The Morgan fingerprint density at radius 3 is 2.50 bits per heavy atom. The third kappa shape index (κ3) is 4.75. The predicted molar refractivity (Wildman–Crippen MR) is 129 cm³/mol. The number of nitrogens with one attached hydrogen (secondary N) is 1. The fourth-order valence-electron chi connectivity index (χ4n) is 5.73. The molecule has 3 atom stereocenters. The molecular formula is C27H33N3O4. The first-order valence-electron chi connectivity index (χ1n) is 12.3. The molecule has 0 spiro atoms. The van der Waals surface area contributed by atoms with Gasteiger partial charge in [0.2, 0.25) is 5.91 Å². The lowest BCUT2D eigenvalue weighted by molar-refractivity contribution is -0.139. The van der Waals surface area contributed by atoms with Gasteiger partial charge in [0, 0.05) is 32.1 Å². The number of nitrogens with zero attached hydrogens (tertiary/aromatic N) is 2. The molecule has 34 heavy (non-hydrogen) atoms. The van der Waals surface area contributed by atoms with Crippen LogP contribution in [0.15, 0.2) is 54.6 Å². The van der Waals surface area contributed by atoms with Crippen LogP contribution < -0.4 is 10.1 Å². The Morgan fingerprint density at radius 2 is 1.74 bits per heavy atom. The number of amides is 3. The van der Waals surface area contributed by atoms with Crippen molar-refractivity contribution in [3.63, 3.8) is 0 Å². The average Bonchev–Trinajstić information content (AvgIpc) is 2.89. The summed E-state index contributed by atoms with van der Waals surface area (Å²) in [5, 5.41) is 2.99. The van der Waals surface area contributed by atoms with Crippen molar-refractivity contribution in [2.75, 3.05) is 39.9 Å². The third-order valence-corrected chi connectivity index (χ3v) is 7.49. The molecule has 1 unspecified atom stereocenters. The van der Waals surface area contributed by atoms with E-state index in [1.54, 1.807) is 7.11 Å². The summed E-state index contributed by atoms with van der Waals surface area (Å²) >= 11 is 0. The average molecular weight is 464 g/mol. The number of hydrogen-bond donors (Lipinski definition) is 1. The summed E-state index contributed by atoms with van der Waals surface area (Å²) in [6.07, 6.45) is 2.67. The minimum Gasteiger partial charge on any atom is -0.497 e. The summed E-state index contributed by atoms with van der Waals surface area (Å²) in [6, 6.07) is 19.0. The molecule has 3 aliphatic heterocycles. The summed E-state index contributed by atoms with van der Waals surface area (Å²) in [6.45, 7) is 2.80. The van der Waals surface area contributed by atoms with E-state index in [2.05, 4.69) is 53.8 Å². The van der Waals surface area contributed by atoms with Crippen LogP contribution in [0.5, 0.6) is 5.75 Å². The van der Waals surface area contributed by atoms with Gasteiger partial charge in [-0.25, -0.2) is 4.79 Å². The predicted octanol–water partition coefficient (Wildman–Crippen LogP) is 3.25. The van der Waals surface area contributed by atoms with Crippen LogP contribution in [-0.2, 0) is 9.53 Å². The Balaban J connectivity index is 1.26. The van der Waals surface area contributed by atoms with E-state index in [0.717, 1.165) is 38.1 Å². The van der Waals surface area contributed by atoms with Gasteiger partial charge in [-0.05, 0) is 48.4 Å². The van der Waals surface area contributed by atoms with Gasteiger partial charge < -0.3 is 24.6 Å². The van der Waals surface area contributed by atoms with Crippen molar-refractivity contribution in [2.24, 2.45) is 5.92 Å². The number of rotatable bonds is 4. The third-order valence-electron chi connectivity index (χ3n) is 7.49. The number of fused-ring (bicyclic) bond motifs is 1. The number of likely N-dealkylation sites (tertiary alicyclic amines) is 2. The zero-order valence-electron chi connectivity index (χ0n) is 19.7. The van der Waals surface area contributed by atoms with Gasteiger partial charge in [-0.2, -0.15) is 0 Å². The maximum Gasteiger partial charge on any atom is 0.320 e. The number of carbonyl (C=O) groups is 2. The molecule has 3 heterocycles. The van der Waals surface area contributed by atoms with Crippen LogP contribution in [-0.4, -0.2) is 73.8 Å².